The van der Waals surface area contributed by atoms with Gasteiger partial charge < -0.3 is 19.6 Å². The quantitative estimate of drug-likeness (QED) is 0.268. The minimum atomic E-state index is -0.510. The number of ether oxygens (including phenoxy) is 2. The molecule has 2 N–H and O–H groups in total. The van der Waals surface area contributed by atoms with Gasteiger partial charge in [0.25, 0.3) is 0 Å². The van der Waals surface area contributed by atoms with Crippen molar-refractivity contribution in [2.24, 2.45) is 0 Å². The molecular weight excluding hydrogens is 433 g/mol. The number of carbonyl (C=O) groups is 1. The fourth-order valence-electron chi connectivity index (χ4n) is 3.55. The maximum absolute atomic E-state index is 14.8. The lowest BCUT2D eigenvalue weighted by atomic mass is 9.98. The molecule has 0 aliphatic heterocycles. The molecule has 1 heterocycles. The highest BCUT2D eigenvalue weighted by atomic mass is 35.5. The number of hydrogen-bond acceptors (Lipinski definition) is 5. The fourth-order valence-corrected chi connectivity index (χ4v) is 3.74. The molecule has 0 amide bonds. The summed E-state index contributed by atoms with van der Waals surface area (Å²) in [5, 5.41) is 0.870. The number of benzene rings is 3. The lowest BCUT2D eigenvalue weighted by Gasteiger charge is -2.13. The van der Waals surface area contributed by atoms with Gasteiger partial charge in [-0.1, -0.05) is 30.3 Å². The van der Waals surface area contributed by atoms with Gasteiger partial charge in [-0.15, -0.1) is 0 Å². The molecular formula is C25H21ClFNO4. The third kappa shape index (κ3) is 4.55. The third-order valence-electron chi connectivity index (χ3n) is 4.99. The predicted octanol–water partition coefficient (Wildman–Crippen LogP) is 6.16. The van der Waals surface area contributed by atoms with E-state index >= 15 is 0 Å². The topological polar surface area (TPSA) is 74.7 Å². The number of carbonyl (C=O) groups excluding carboxylic acids is 1. The number of halogens is 2. The molecule has 5 nitrogen and oxygen atoms in total. The van der Waals surface area contributed by atoms with Crippen LogP contribution in [-0.4, -0.2) is 12.6 Å². The van der Waals surface area contributed by atoms with Crippen LogP contribution in [0.3, 0.4) is 0 Å². The molecule has 0 aliphatic carbocycles. The molecule has 1 aromatic heterocycles. The second-order valence-electron chi connectivity index (χ2n) is 7.19. The maximum Gasteiger partial charge on any atom is 0.310 e. The van der Waals surface area contributed by atoms with E-state index in [9.17, 15) is 9.18 Å². The Bertz CT molecular complexity index is 1280. The Morgan fingerprint density at radius 1 is 1.09 bits per heavy atom. The van der Waals surface area contributed by atoms with E-state index in [1.165, 1.54) is 6.07 Å². The number of rotatable bonds is 7. The lowest BCUT2D eigenvalue weighted by molar-refractivity contribution is -0.142. The predicted molar refractivity (Wildman–Crippen MR) is 122 cm³/mol. The number of fused-ring (bicyclic) bond motifs is 1. The minimum Gasteiger partial charge on any atom is -0.489 e. The molecule has 0 bridgehead atoms. The van der Waals surface area contributed by atoms with Gasteiger partial charge in [0.1, 0.15) is 17.9 Å². The molecule has 0 radical (unpaired) electrons. The molecule has 4 rings (SSSR count). The largest absolute Gasteiger partial charge is 0.489 e. The van der Waals surface area contributed by atoms with Crippen LogP contribution in [0.15, 0.2) is 65.1 Å². The van der Waals surface area contributed by atoms with Crippen LogP contribution < -0.4 is 10.5 Å². The van der Waals surface area contributed by atoms with Gasteiger partial charge >= 0.3 is 5.97 Å². The van der Waals surface area contributed by atoms with Crippen molar-refractivity contribution >= 4 is 34.2 Å². The standard InChI is InChI=1S/C25H21ClFNO4/c1-2-30-24(29)12-16-6-3-4-9-21(16)31-14-15-10-18(17-7-5-8-20(28)25(17)27)19-13-23(26)32-22(19)11-15/h3-11,13H,2,12,14,28H2,1H3. The van der Waals surface area contributed by atoms with Crippen molar-refractivity contribution in [2.75, 3.05) is 12.3 Å². The molecule has 0 fully saturated rings. The van der Waals surface area contributed by atoms with Crippen molar-refractivity contribution < 1.29 is 23.1 Å². The van der Waals surface area contributed by atoms with E-state index in [0.29, 0.717) is 34.5 Å². The van der Waals surface area contributed by atoms with Gasteiger partial charge in [-0.2, -0.15) is 0 Å². The molecule has 0 saturated heterocycles. The summed E-state index contributed by atoms with van der Waals surface area (Å²) in [5.41, 5.74) is 8.74. The van der Waals surface area contributed by atoms with E-state index in [-0.39, 0.29) is 29.9 Å². The zero-order valence-corrected chi connectivity index (χ0v) is 18.1. The highest BCUT2D eigenvalue weighted by Crippen LogP contribution is 2.36. The number of para-hydroxylation sites is 1. The Morgan fingerprint density at radius 2 is 1.91 bits per heavy atom. The number of nitrogens with two attached hydrogens (primary N) is 1. The SMILES string of the molecule is CCOC(=O)Cc1ccccc1OCc1cc(-c2cccc(N)c2F)c2cc(Cl)oc2c1. The molecule has 4 aromatic rings. The van der Waals surface area contributed by atoms with Gasteiger partial charge in [0.05, 0.1) is 18.7 Å². The van der Waals surface area contributed by atoms with E-state index in [0.717, 1.165) is 11.1 Å². The summed E-state index contributed by atoms with van der Waals surface area (Å²) < 4.78 is 31.4. The summed E-state index contributed by atoms with van der Waals surface area (Å²) in [6.07, 6.45) is 0.108. The summed E-state index contributed by atoms with van der Waals surface area (Å²) in [5.74, 6) is -0.270. The summed E-state index contributed by atoms with van der Waals surface area (Å²) in [6.45, 7) is 2.25. The first kappa shape index (κ1) is 21.7. The molecule has 3 aromatic carbocycles. The first-order valence-electron chi connectivity index (χ1n) is 10.1. The molecule has 32 heavy (non-hydrogen) atoms. The number of hydrogen-bond donors (Lipinski definition) is 1. The van der Waals surface area contributed by atoms with Gasteiger partial charge in [0, 0.05) is 22.6 Å². The molecule has 0 saturated carbocycles. The average Bonchev–Trinajstić information content (AvgIpc) is 3.15. The minimum absolute atomic E-state index is 0.0554. The average molecular weight is 454 g/mol. The Kier molecular flexibility index (Phi) is 6.32. The van der Waals surface area contributed by atoms with E-state index in [4.69, 9.17) is 31.2 Å². The van der Waals surface area contributed by atoms with E-state index in [2.05, 4.69) is 0 Å². The first-order valence-corrected chi connectivity index (χ1v) is 10.5. The van der Waals surface area contributed by atoms with E-state index < -0.39 is 5.82 Å². The molecule has 7 heteroatoms. The van der Waals surface area contributed by atoms with Gasteiger partial charge in [0.15, 0.2) is 11.0 Å². The molecule has 0 spiro atoms. The monoisotopic (exact) mass is 453 g/mol. The second-order valence-corrected chi connectivity index (χ2v) is 7.57. The van der Waals surface area contributed by atoms with Crippen LogP contribution in [0.5, 0.6) is 5.75 Å². The zero-order valence-electron chi connectivity index (χ0n) is 17.4. The Hall–Kier alpha value is -3.51. The van der Waals surface area contributed by atoms with Crippen LogP contribution in [0.25, 0.3) is 22.1 Å². The smallest absolute Gasteiger partial charge is 0.310 e. The number of esters is 1. The highest BCUT2D eigenvalue weighted by molar-refractivity contribution is 6.30. The molecule has 0 atom stereocenters. The zero-order chi connectivity index (χ0) is 22.7. The second kappa shape index (κ2) is 9.32. The maximum atomic E-state index is 14.8. The lowest BCUT2D eigenvalue weighted by Crippen LogP contribution is -2.09. The normalized spacial score (nSPS) is 11.0. The van der Waals surface area contributed by atoms with Crippen molar-refractivity contribution in [3.05, 3.63) is 82.8 Å². The fraction of sp³-hybridized carbons (Fsp3) is 0.160. The van der Waals surface area contributed by atoms with Gasteiger partial charge in [-0.3, -0.25) is 4.79 Å². The first-order chi connectivity index (χ1) is 15.5. The molecule has 0 unspecified atom stereocenters. The van der Waals surface area contributed by atoms with Crippen LogP contribution in [0.1, 0.15) is 18.1 Å². The number of nitrogen functional groups attached to an aromatic ring is 1. The van der Waals surface area contributed by atoms with Gasteiger partial charge in [-0.05, 0) is 53.9 Å². The van der Waals surface area contributed by atoms with Crippen molar-refractivity contribution in [3.8, 4) is 16.9 Å². The highest BCUT2D eigenvalue weighted by Gasteiger charge is 2.16. The van der Waals surface area contributed by atoms with Crippen LogP contribution in [0.4, 0.5) is 10.1 Å². The Balaban J connectivity index is 1.67. The van der Waals surface area contributed by atoms with Gasteiger partial charge in [-0.25, -0.2) is 4.39 Å². The van der Waals surface area contributed by atoms with Crippen LogP contribution in [-0.2, 0) is 22.6 Å². The van der Waals surface area contributed by atoms with Crippen LogP contribution in [0, 0.1) is 5.82 Å². The van der Waals surface area contributed by atoms with Crippen LogP contribution >= 0.6 is 11.6 Å². The summed E-state index contributed by atoms with van der Waals surface area (Å²) in [7, 11) is 0. The Morgan fingerprint density at radius 3 is 2.72 bits per heavy atom. The third-order valence-corrected chi connectivity index (χ3v) is 5.18. The van der Waals surface area contributed by atoms with Gasteiger partial charge in [0.2, 0.25) is 0 Å². The van der Waals surface area contributed by atoms with Crippen molar-refractivity contribution in [1.82, 2.24) is 0 Å². The Labute approximate surface area is 189 Å². The van der Waals surface area contributed by atoms with Crippen molar-refractivity contribution in [2.45, 2.75) is 20.0 Å². The van der Waals surface area contributed by atoms with Crippen LogP contribution in [0.2, 0.25) is 5.22 Å². The summed E-state index contributed by atoms with van der Waals surface area (Å²) in [4.78, 5) is 11.9. The van der Waals surface area contributed by atoms with Crippen molar-refractivity contribution in [3.63, 3.8) is 0 Å². The van der Waals surface area contributed by atoms with Crippen molar-refractivity contribution in [1.29, 1.82) is 0 Å². The number of anilines is 1. The number of furan rings is 1. The van der Waals surface area contributed by atoms with E-state index in [1.807, 2.05) is 24.3 Å². The summed E-state index contributed by atoms with van der Waals surface area (Å²) >= 11 is 6.07. The summed E-state index contributed by atoms with van der Waals surface area (Å²) in [6, 6.07) is 17.4. The molecule has 0 aliphatic rings. The molecule has 164 valence electrons. The van der Waals surface area contributed by atoms with E-state index in [1.54, 1.807) is 37.3 Å².